The van der Waals surface area contributed by atoms with Crippen LogP contribution in [0.4, 0.5) is 4.79 Å². The monoisotopic (exact) mass is 505 g/mol. The molecule has 174 valence electrons. The van der Waals surface area contributed by atoms with E-state index in [4.69, 9.17) is 39.5 Å². The summed E-state index contributed by atoms with van der Waals surface area (Å²) in [5.74, 6) is -0.510. The van der Waals surface area contributed by atoms with Crippen LogP contribution in [-0.4, -0.2) is 28.5 Å². The maximum atomic E-state index is 12.9. The molecule has 7 heteroatoms. The first-order valence-electron chi connectivity index (χ1n) is 10.3. The first-order chi connectivity index (χ1) is 15.5. The second-order valence-electron chi connectivity index (χ2n) is 8.22. The Morgan fingerprint density at radius 3 is 2.18 bits per heavy atom. The van der Waals surface area contributed by atoms with Crippen LogP contribution in [-0.2, 0) is 9.53 Å². The molecule has 2 amide bonds. The molecule has 0 aliphatic carbocycles. The van der Waals surface area contributed by atoms with E-state index in [0.717, 1.165) is 16.0 Å². The summed E-state index contributed by atoms with van der Waals surface area (Å²) in [6, 6.07) is 11.8. The summed E-state index contributed by atoms with van der Waals surface area (Å²) in [5, 5.41) is 1.66. The predicted octanol–water partition coefficient (Wildman–Crippen LogP) is 8.08. The van der Waals surface area contributed by atoms with Crippen molar-refractivity contribution >= 4 is 59.0 Å². The van der Waals surface area contributed by atoms with E-state index in [1.807, 2.05) is 18.2 Å². The van der Waals surface area contributed by atoms with Crippen LogP contribution in [0.2, 0.25) is 15.1 Å². The van der Waals surface area contributed by atoms with E-state index in [1.54, 1.807) is 82.3 Å². The first kappa shape index (κ1) is 26.7. The van der Waals surface area contributed by atoms with Gasteiger partial charge in [-0.1, -0.05) is 83.4 Å². The molecule has 0 aromatic heterocycles. The van der Waals surface area contributed by atoms with Crippen LogP contribution in [0.3, 0.4) is 0 Å². The third-order valence-corrected chi connectivity index (χ3v) is 5.07. The van der Waals surface area contributed by atoms with E-state index < -0.39 is 23.6 Å². The number of ether oxygens (including phenoxy) is 1. The van der Waals surface area contributed by atoms with E-state index in [9.17, 15) is 9.59 Å². The number of hydrogen-bond acceptors (Lipinski definition) is 3. The Bertz CT molecular complexity index is 1070. The zero-order chi connectivity index (χ0) is 24.6. The highest BCUT2D eigenvalue weighted by Crippen LogP contribution is 2.22. The van der Waals surface area contributed by atoms with Gasteiger partial charge in [-0.05, 0) is 63.1 Å². The molecule has 0 aliphatic heterocycles. The molecule has 0 radical (unpaired) electrons. The van der Waals surface area contributed by atoms with Crippen molar-refractivity contribution in [3.63, 3.8) is 0 Å². The third kappa shape index (κ3) is 9.09. The summed E-state index contributed by atoms with van der Waals surface area (Å²) >= 11 is 18.0. The van der Waals surface area contributed by atoms with Gasteiger partial charge in [0.15, 0.2) is 0 Å². The van der Waals surface area contributed by atoms with Crippen molar-refractivity contribution in [1.29, 1.82) is 0 Å². The van der Waals surface area contributed by atoms with Crippen molar-refractivity contribution in [1.82, 2.24) is 4.90 Å². The van der Waals surface area contributed by atoms with Gasteiger partial charge in [0.25, 0.3) is 5.91 Å². The van der Waals surface area contributed by atoms with Crippen LogP contribution in [0.15, 0.2) is 66.8 Å². The van der Waals surface area contributed by atoms with Gasteiger partial charge in [0.05, 0.1) is 6.04 Å². The second kappa shape index (κ2) is 12.1. The lowest BCUT2D eigenvalue weighted by Gasteiger charge is -2.28. The van der Waals surface area contributed by atoms with Crippen LogP contribution in [0.25, 0.3) is 12.2 Å². The molecule has 0 heterocycles. The van der Waals surface area contributed by atoms with Crippen molar-refractivity contribution in [3.05, 3.63) is 93.0 Å². The Morgan fingerprint density at radius 1 is 0.939 bits per heavy atom. The average Bonchev–Trinajstić information content (AvgIpc) is 2.71. The third-order valence-electron chi connectivity index (χ3n) is 4.26. The molecule has 0 N–H and O–H groups in total. The predicted molar refractivity (Wildman–Crippen MR) is 138 cm³/mol. The van der Waals surface area contributed by atoms with Crippen LogP contribution in [0, 0.1) is 0 Å². The van der Waals surface area contributed by atoms with E-state index in [2.05, 4.69) is 0 Å². The van der Waals surface area contributed by atoms with Crippen molar-refractivity contribution in [3.8, 4) is 0 Å². The fourth-order valence-corrected chi connectivity index (χ4v) is 3.29. The molecule has 0 bridgehead atoms. The molecule has 0 aliphatic rings. The van der Waals surface area contributed by atoms with Gasteiger partial charge in [-0.2, -0.15) is 0 Å². The minimum Gasteiger partial charge on any atom is -0.443 e. The second-order valence-corrected chi connectivity index (χ2v) is 9.50. The summed E-state index contributed by atoms with van der Waals surface area (Å²) in [6.45, 7) is 6.98. The van der Waals surface area contributed by atoms with Gasteiger partial charge in [-0.15, -0.1) is 0 Å². The number of benzene rings is 2. The van der Waals surface area contributed by atoms with Crippen LogP contribution in [0.5, 0.6) is 0 Å². The quantitative estimate of drug-likeness (QED) is 0.294. The molecule has 2 aromatic carbocycles. The minimum absolute atomic E-state index is 0.495. The Hall–Kier alpha value is -2.53. The summed E-state index contributed by atoms with van der Waals surface area (Å²) in [4.78, 5) is 26.7. The van der Waals surface area contributed by atoms with Gasteiger partial charge >= 0.3 is 6.09 Å². The number of carbonyl (C=O) groups excluding carboxylic acids is 2. The smallest absolute Gasteiger partial charge is 0.417 e. The molecule has 1 atom stereocenters. The Labute approximate surface area is 210 Å². The van der Waals surface area contributed by atoms with Crippen molar-refractivity contribution in [2.24, 2.45) is 0 Å². The molecule has 0 saturated carbocycles. The topological polar surface area (TPSA) is 46.6 Å². The number of carbonyl (C=O) groups is 2. The number of allylic oxidation sites excluding steroid dienone is 2. The van der Waals surface area contributed by atoms with Crippen molar-refractivity contribution in [2.45, 2.75) is 39.3 Å². The fourth-order valence-electron chi connectivity index (χ4n) is 2.69. The number of hydrogen-bond donors (Lipinski definition) is 0. The molecule has 0 unspecified atom stereocenters. The number of rotatable bonds is 6. The van der Waals surface area contributed by atoms with Gasteiger partial charge in [0, 0.05) is 21.1 Å². The van der Waals surface area contributed by atoms with Gasteiger partial charge in [0.2, 0.25) is 0 Å². The molecule has 0 spiro atoms. The van der Waals surface area contributed by atoms with Gasteiger partial charge < -0.3 is 4.74 Å². The van der Waals surface area contributed by atoms with Crippen LogP contribution in [0.1, 0.15) is 38.8 Å². The standard InChI is InChI=1S/C26H26Cl3NO3/c1-18(9-10-19-11-14-21(27)15-12-19)30(25(32)33-26(2,3)4)24(31)8-6-5-7-20-13-16-22(28)17-23(20)29/h5-18H,1-4H3/b7-5+,8-6+,10-9-/t18-/m1/s1. The van der Waals surface area contributed by atoms with E-state index in [0.29, 0.717) is 15.1 Å². The van der Waals surface area contributed by atoms with E-state index >= 15 is 0 Å². The maximum absolute atomic E-state index is 12.9. The van der Waals surface area contributed by atoms with Gasteiger partial charge in [0.1, 0.15) is 5.60 Å². The summed E-state index contributed by atoms with van der Waals surface area (Å²) in [5.41, 5.74) is 0.895. The van der Waals surface area contributed by atoms with Crippen LogP contribution < -0.4 is 0 Å². The lowest BCUT2D eigenvalue weighted by atomic mass is 10.1. The zero-order valence-electron chi connectivity index (χ0n) is 18.9. The largest absolute Gasteiger partial charge is 0.443 e. The van der Waals surface area contributed by atoms with E-state index in [-0.39, 0.29) is 0 Å². The van der Waals surface area contributed by atoms with Crippen LogP contribution >= 0.6 is 34.8 Å². The van der Waals surface area contributed by atoms with Crippen molar-refractivity contribution in [2.75, 3.05) is 0 Å². The molecule has 0 fully saturated rings. The Morgan fingerprint density at radius 2 is 1.58 bits per heavy atom. The highest BCUT2D eigenvalue weighted by molar-refractivity contribution is 6.35. The Balaban J connectivity index is 2.19. The highest BCUT2D eigenvalue weighted by Gasteiger charge is 2.29. The summed E-state index contributed by atoms with van der Waals surface area (Å²) in [7, 11) is 0. The first-order valence-corrected chi connectivity index (χ1v) is 11.4. The SMILES string of the molecule is C[C@H](/C=C\c1ccc(Cl)cc1)N(C(=O)/C=C/C=C/c1ccc(Cl)cc1Cl)C(=O)OC(C)(C)C. The zero-order valence-corrected chi connectivity index (χ0v) is 21.2. The molecule has 0 saturated heterocycles. The molecular weight excluding hydrogens is 481 g/mol. The lowest BCUT2D eigenvalue weighted by molar-refractivity contribution is -0.126. The number of halogens is 3. The molecule has 33 heavy (non-hydrogen) atoms. The molecule has 4 nitrogen and oxygen atoms in total. The molecule has 2 aromatic rings. The normalized spacial score (nSPS) is 13.1. The maximum Gasteiger partial charge on any atom is 0.417 e. The number of nitrogens with zero attached hydrogens (tertiary/aromatic N) is 1. The summed E-state index contributed by atoms with van der Waals surface area (Å²) < 4.78 is 5.45. The highest BCUT2D eigenvalue weighted by atomic mass is 35.5. The van der Waals surface area contributed by atoms with E-state index in [1.165, 1.54) is 6.08 Å². The number of imide groups is 1. The van der Waals surface area contributed by atoms with Gasteiger partial charge in [-0.25, -0.2) is 9.69 Å². The fraction of sp³-hybridized carbons (Fsp3) is 0.231. The van der Waals surface area contributed by atoms with Gasteiger partial charge in [-0.3, -0.25) is 4.79 Å². The molecule has 2 rings (SSSR count). The average molecular weight is 507 g/mol. The Kier molecular flexibility index (Phi) is 9.78. The summed E-state index contributed by atoms with van der Waals surface area (Å²) in [6.07, 6.45) is 9.09. The minimum atomic E-state index is -0.746. The number of amides is 2. The van der Waals surface area contributed by atoms with Crippen molar-refractivity contribution < 1.29 is 14.3 Å². The lowest BCUT2D eigenvalue weighted by Crippen LogP contribution is -2.44. The molecular formula is C26H26Cl3NO3.